The van der Waals surface area contributed by atoms with Crippen LogP contribution in [0.5, 0.6) is 5.75 Å². The lowest BCUT2D eigenvalue weighted by atomic mass is 10.1. The van der Waals surface area contributed by atoms with E-state index >= 15 is 0 Å². The third-order valence-electron chi connectivity index (χ3n) is 3.69. The largest absolute Gasteiger partial charge is 0.506 e. The summed E-state index contributed by atoms with van der Waals surface area (Å²) in [5.41, 5.74) is 3.17. The summed E-state index contributed by atoms with van der Waals surface area (Å²) in [5, 5.41) is 10.2. The Morgan fingerprint density at radius 3 is 2.67 bits per heavy atom. The molecule has 1 unspecified atom stereocenters. The molecule has 3 aromatic rings. The van der Waals surface area contributed by atoms with E-state index in [9.17, 15) is 9.90 Å². The first-order chi connectivity index (χ1) is 11.6. The molecule has 0 radical (unpaired) electrons. The molecule has 0 aliphatic carbocycles. The van der Waals surface area contributed by atoms with E-state index in [1.165, 1.54) is 0 Å². The van der Waals surface area contributed by atoms with E-state index in [0.29, 0.717) is 17.9 Å². The van der Waals surface area contributed by atoms with Crippen LogP contribution in [-0.2, 0) is 11.2 Å². The highest BCUT2D eigenvalue weighted by Gasteiger charge is 2.16. The van der Waals surface area contributed by atoms with E-state index in [-0.39, 0.29) is 16.7 Å². The van der Waals surface area contributed by atoms with Crippen LogP contribution in [0.4, 0.5) is 0 Å². The van der Waals surface area contributed by atoms with Gasteiger partial charge < -0.3 is 14.9 Å². The Labute approximate surface area is 144 Å². The maximum atomic E-state index is 10.9. The van der Waals surface area contributed by atoms with Crippen molar-refractivity contribution in [2.75, 3.05) is 0 Å². The summed E-state index contributed by atoms with van der Waals surface area (Å²) >= 11 is 5.89. The van der Waals surface area contributed by atoms with Gasteiger partial charge in [-0.1, -0.05) is 24.6 Å². The molecular formula is C18H16ClN3O2. The molecule has 1 atom stereocenters. The molecule has 6 heteroatoms. The lowest BCUT2D eigenvalue weighted by Gasteiger charge is -2.04. The topological polar surface area (TPSA) is 78.9 Å². The Kier molecular flexibility index (Phi) is 4.62. The average Bonchev–Trinajstić information content (AvgIpc) is 3.01. The zero-order valence-electron chi connectivity index (χ0n) is 13.0. The first kappa shape index (κ1) is 16.2. The van der Waals surface area contributed by atoms with Crippen molar-refractivity contribution in [2.24, 2.45) is 5.92 Å². The first-order valence-corrected chi connectivity index (χ1v) is 7.89. The number of carbonyl (C=O) groups is 1. The van der Waals surface area contributed by atoms with Gasteiger partial charge in [-0.25, -0.2) is 4.98 Å². The summed E-state index contributed by atoms with van der Waals surface area (Å²) in [6.07, 6.45) is 4.82. The summed E-state index contributed by atoms with van der Waals surface area (Å²) in [7, 11) is 0. The minimum Gasteiger partial charge on any atom is -0.506 e. The van der Waals surface area contributed by atoms with Gasteiger partial charge in [-0.05, 0) is 24.3 Å². The minimum absolute atomic E-state index is 0.000606. The van der Waals surface area contributed by atoms with Crippen molar-refractivity contribution in [3.8, 4) is 28.3 Å². The smallest absolute Gasteiger partial charge is 0.134 e. The summed E-state index contributed by atoms with van der Waals surface area (Å²) in [4.78, 5) is 22.9. The monoisotopic (exact) mass is 341 g/mol. The maximum absolute atomic E-state index is 10.9. The molecule has 3 rings (SSSR count). The van der Waals surface area contributed by atoms with Crippen LogP contribution in [0.3, 0.4) is 0 Å². The first-order valence-electron chi connectivity index (χ1n) is 7.52. The number of phenols is 1. The van der Waals surface area contributed by atoms with Crippen molar-refractivity contribution in [1.29, 1.82) is 0 Å². The predicted molar refractivity (Wildman–Crippen MR) is 92.9 cm³/mol. The number of imidazole rings is 1. The van der Waals surface area contributed by atoms with Crippen molar-refractivity contribution >= 4 is 17.9 Å². The number of pyridine rings is 1. The highest BCUT2D eigenvalue weighted by atomic mass is 35.5. The van der Waals surface area contributed by atoms with Crippen molar-refractivity contribution in [1.82, 2.24) is 15.0 Å². The zero-order valence-corrected chi connectivity index (χ0v) is 13.8. The lowest BCUT2D eigenvalue weighted by molar-refractivity contribution is -0.110. The Morgan fingerprint density at radius 2 is 2.00 bits per heavy atom. The summed E-state index contributed by atoms with van der Waals surface area (Å²) in [6, 6.07) is 8.76. The fourth-order valence-corrected chi connectivity index (χ4v) is 2.59. The zero-order chi connectivity index (χ0) is 17.1. The highest BCUT2D eigenvalue weighted by Crippen LogP contribution is 2.34. The van der Waals surface area contributed by atoms with E-state index in [1.807, 2.05) is 19.1 Å². The van der Waals surface area contributed by atoms with E-state index in [0.717, 1.165) is 23.1 Å². The van der Waals surface area contributed by atoms with Gasteiger partial charge in [0.15, 0.2) is 0 Å². The normalized spacial score (nSPS) is 12.1. The lowest BCUT2D eigenvalue weighted by Crippen LogP contribution is -2.02. The second-order valence-corrected chi connectivity index (χ2v) is 6.03. The fraction of sp³-hybridized carbons (Fsp3) is 0.167. The molecule has 5 nitrogen and oxygen atoms in total. The molecule has 2 N–H and O–H groups in total. The van der Waals surface area contributed by atoms with Gasteiger partial charge >= 0.3 is 0 Å². The van der Waals surface area contributed by atoms with Crippen molar-refractivity contribution in [2.45, 2.75) is 13.3 Å². The van der Waals surface area contributed by atoms with Gasteiger partial charge in [0.1, 0.15) is 17.9 Å². The average molecular weight is 342 g/mol. The Bertz CT molecular complexity index is 862. The van der Waals surface area contributed by atoms with Crippen LogP contribution in [0, 0.1) is 5.92 Å². The van der Waals surface area contributed by atoms with Gasteiger partial charge in [0.25, 0.3) is 0 Å². The number of nitrogens with one attached hydrogen (secondary N) is 1. The molecule has 24 heavy (non-hydrogen) atoms. The van der Waals surface area contributed by atoms with E-state index < -0.39 is 0 Å². The SMILES string of the molecule is CC(C=O)Cc1nc(-c2ccc(Cl)c(O)c2)c(-c2ccncc2)[nH]1. The van der Waals surface area contributed by atoms with Crippen LogP contribution in [0.2, 0.25) is 5.02 Å². The quantitative estimate of drug-likeness (QED) is 0.690. The number of aromatic amines is 1. The Morgan fingerprint density at radius 1 is 1.25 bits per heavy atom. The van der Waals surface area contributed by atoms with Crippen LogP contribution in [0.15, 0.2) is 42.7 Å². The molecule has 0 amide bonds. The second kappa shape index (κ2) is 6.84. The van der Waals surface area contributed by atoms with E-state index in [1.54, 1.807) is 30.6 Å². The summed E-state index contributed by atoms with van der Waals surface area (Å²) in [5.74, 6) is 0.583. The Hall–Kier alpha value is -2.66. The standard InChI is InChI=1S/C18H16ClN3O2/c1-11(10-23)8-16-21-17(12-4-6-20-7-5-12)18(22-16)13-2-3-14(19)15(24)9-13/h2-7,9-11,24H,8H2,1H3,(H,21,22). The molecule has 0 fully saturated rings. The van der Waals surface area contributed by atoms with Crippen molar-refractivity contribution in [3.63, 3.8) is 0 Å². The number of aromatic hydroxyl groups is 1. The molecular weight excluding hydrogens is 326 g/mol. The van der Waals surface area contributed by atoms with Crippen LogP contribution in [-0.4, -0.2) is 26.3 Å². The second-order valence-electron chi connectivity index (χ2n) is 5.63. The Balaban J connectivity index is 2.11. The van der Waals surface area contributed by atoms with Gasteiger partial charge in [-0.3, -0.25) is 4.98 Å². The van der Waals surface area contributed by atoms with Crippen LogP contribution >= 0.6 is 11.6 Å². The third-order valence-corrected chi connectivity index (χ3v) is 4.01. The van der Waals surface area contributed by atoms with Crippen molar-refractivity contribution in [3.05, 3.63) is 53.6 Å². The predicted octanol–water partition coefficient (Wildman–Crippen LogP) is 3.88. The van der Waals surface area contributed by atoms with E-state index in [2.05, 4.69) is 15.0 Å². The maximum Gasteiger partial charge on any atom is 0.134 e. The molecule has 0 saturated carbocycles. The van der Waals surface area contributed by atoms with Crippen LogP contribution < -0.4 is 0 Å². The summed E-state index contributed by atoms with van der Waals surface area (Å²) in [6.45, 7) is 1.84. The number of carbonyl (C=O) groups excluding carboxylic acids is 1. The number of phenolic OH excluding ortho intramolecular Hbond substituents is 1. The molecule has 0 spiro atoms. The number of nitrogens with zero attached hydrogens (tertiary/aromatic N) is 2. The number of halogens is 1. The highest BCUT2D eigenvalue weighted by molar-refractivity contribution is 6.32. The number of aldehydes is 1. The van der Waals surface area contributed by atoms with Gasteiger partial charge in [-0.2, -0.15) is 0 Å². The van der Waals surface area contributed by atoms with Crippen LogP contribution in [0.25, 0.3) is 22.5 Å². The third kappa shape index (κ3) is 3.31. The number of H-pyrrole nitrogens is 1. The molecule has 2 heterocycles. The van der Waals surface area contributed by atoms with Crippen LogP contribution in [0.1, 0.15) is 12.7 Å². The molecule has 0 saturated heterocycles. The molecule has 0 aliphatic heterocycles. The van der Waals surface area contributed by atoms with Gasteiger partial charge in [0.2, 0.25) is 0 Å². The van der Waals surface area contributed by atoms with Gasteiger partial charge in [-0.15, -0.1) is 0 Å². The molecule has 0 bridgehead atoms. The van der Waals surface area contributed by atoms with Gasteiger partial charge in [0.05, 0.1) is 16.4 Å². The number of benzene rings is 1. The number of aromatic nitrogens is 3. The van der Waals surface area contributed by atoms with Crippen molar-refractivity contribution < 1.29 is 9.90 Å². The minimum atomic E-state index is -0.132. The number of hydrogen-bond donors (Lipinski definition) is 2. The van der Waals surface area contributed by atoms with Gasteiger partial charge in [0, 0.05) is 35.9 Å². The number of rotatable bonds is 5. The fourth-order valence-electron chi connectivity index (χ4n) is 2.47. The molecule has 0 aliphatic rings. The summed E-state index contributed by atoms with van der Waals surface area (Å²) < 4.78 is 0. The molecule has 122 valence electrons. The van der Waals surface area contributed by atoms with E-state index in [4.69, 9.17) is 11.6 Å². The molecule has 1 aromatic carbocycles. The molecule has 2 aromatic heterocycles. The number of hydrogen-bond acceptors (Lipinski definition) is 4.